The Morgan fingerprint density at radius 3 is 3.00 bits per heavy atom. The summed E-state index contributed by atoms with van der Waals surface area (Å²) in [5.74, 6) is 0. The zero-order valence-corrected chi connectivity index (χ0v) is 11.2. The number of aromatic nitrogens is 1. The SMILES string of the molecule is COC1CCCCC1(N)c1nc2c(s1)CCC2. The average Bonchev–Trinajstić information content (AvgIpc) is 2.89. The van der Waals surface area contributed by atoms with Crippen molar-refractivity contribution in [3.63, 3.8) is 0 Å². The fraction of sp³-hybridized carbons (Fsp3) is 0.769. The Bertz CT molecular complexity index is 396. The van der Waals surface area contributed by atoms with Crippen molar-refractivity contribution < 1.29 is 4.74 Å². The molecule has 0 bridgehead atoms. The van der Waals surface area contributed by atoms with E-state index in [9.17, 15) is 0 Å². The van der Waals surface area contributed by atoms with Crippen LogP contribution in [0.15, 0.2) is 0 Å². The van der Waals surface area contributed by atoms with Gasteiger partial charge >= 0.3 is 0 Å². The lowest BCUT2D eigenvalue weighted by Gasteiger charge is -2.38. The number of hydrogen-bond donors (Lipinski definition) is 1. The highest BCUT2D eigenvalue weighted by molar-refractivity contribution is 7.12. The van der Waals surface area contributed by atoms with Crippen LogP contribution in [0.25, 0.3) is 0 Å². The Labute approximate surface area is 106 Å². The van der Waals surface area contributed by atoms with Crippen molar-refractivity contribution in [2.75, 3.05) is 7.11 Å². The number of nitrogens with two attached hydrogens (primary N) is 1. The number of rotatable bonds is 2. The molecule has 0 saturated heterocycles. The van der Waals surface area contributed by atoms with Crippen LogP contribution in [-0.4, -0.2) is 18.2 Å². The van der Waals surface area contributed by atoms with E-state index in [1.54, 1.807) is 7.11 Å². The second-order valence-corrected chi connectivity index (χ2v) is 6.34. The third kappa shape index (κ3) is 1.83. The van der Waals surface area contributed by atoms with E-state index in [1.165, 1.54) is 36.3 Å². The molecule has 0 radical (unpaired) electrons. The lowest BCUT2D eigenvalue weighted by molar-refractivity contribution is 0.00363. The molecule has 2 atom stereocenters. The van der Waals surface area contributed by atoms with Gasteiger partial charge in [0.15, 0.2) is 0 Å². The monoisotopic (exact) mass is 252 g/mol. The van der Waals surface area contributed by atoms with Gasteiger partial charge in [0.25, 0.3) is 0 Å². The molecule has 3 nitrogen and oxygen atoms in total. The van der Waals surface area contributed by atoms with Crippen molar-refractivity contribution in [3.05, 3.63) is 15.6 Å². The molecular weight excluding hydrogens is 232 g/mol. The zero-order valence-electron chi connectivity index (χ0n) is 10.4. The fourth-order valence-electron chi connectivity index (χ4n) is 3.13. The van der Waals surface area contributed by atoms with Crippen molar-refractivity contribution in [2.45, 2.75) is 56.6 Å². The molecule has 0 amide bonds. The Morgan fingerprint density at radius 1 is 1.35 bits per heavy atom. The van der Waals surface area contributed by atoms with Gasteiger partial charge in [0.05, 0.1) is 17.3 Å². The van der Waals surface area contributed by atoms with Gasteiger partial charge in [-0.25, -0.2) is 4.98 Å². The summed E-state index contributed by atoms with van der Waals surface area (Å²) >= 11 is 1.83. The van der Waals surface area contributed by atoms with Gasteiger partial charge in [-0.1, -0.05) is 12.8 Å². The highest BCUT2D eigenvalue weighted by Crippen LogP contribution is 2.40. The van der Waals surface area contributed by atoms with Crippen LogP contribution in [0.4, 0.5) is 0 Å². The first-order valence-electron chi connectivity index (χ1n) is 6.55. The van der Waals surface area contributed by atoms with Crippen LogP contribution in [0.3, 0.4) is 0 Å². The first-order valence-corrected chi connectivity index (χ1v) is 7.36. The lowest BCUT2D eigenvalue weighted by Crippen LogP contribution is -2.50. The Hall–Kier alpha value is -0.450. The van der Waals surface area contributed by atoms with Crippen molar-refractivity contribution in [1.29, 1.82) is 0 Å². The molecule has 1 saturated carbocycles. The van der Waals surface area contributed by atoms with Gasteiger partial charge in [0.1, 0.15) is 5.01 Å². The minimum absolute atomic E-state index is 0.141. The number of aryl methyl sites for hydroxylation is 2. The van der Waals surface area contributed by atoms with E-state index in [1.807, 2.05) is 11.3 Å². The highest BCUT2D eigenvalue weighted by atomic mass is 32.1. The van der Waals surface area contributed by atoms with Crippen LogP contribution >= 0.6 is 11.3 Å². The van der Waals surface area contributed by atoms with Gasteiger partial charge in [0, 0.05) is 12.0 Å². The first-order chi connectivity index (χ1) is 8.24. The topological polar surface area (TPSA) is 48.1 Å². The average molecular weight is 252 g/mol. The number of hydrogen-bond acceptors (Lipinski definition) is 4. The van der Waals surface area contributed by atoms with Crippen molar-refractivity contribution in [2.24, 2.45) is 5.73 Å². The predicted molar refractivity (Wildman–Crippen MR) is 69.3 cm³/mol. The van der Waals surface area contributed by atoms with Crippen LogP contribution in [0.1, 0.15) is 47.7 Å². The zero-order chi connectivity index (χ0) is 11.9. The van der Waals surface area contributed by atoms with E-state index in [4.69, 9.17) is 15.5 Å². The van der Waals surface area contributed by atoms with Crippen LogP contribution in [-0.2, 0) is 23.1 Å². The molecule has 0 aromatic carbocycles. The van der Waals surface area contributed by atoms with Gasteiger partial charge < -0.3 is 10.5 Å². The maximum Gasteiger partial charge on any atom is 0.116 e. The first kappa shape index (κ1) is 11.6. The maximum atomic E-state index is 6.62. The number of thiazole rings is 1. The van der Waals surface area contributed by atoms with Crippen LogP contribution < -0.4 is 5.73 Å². The largest absolute Gasteiger partial charge is 0.379 e. The molecule has 3 rings (SSSR count). The van der Waals surface area contributed by atoms with E-state index in [0.29, 0.717) is 0 Å². The molecule has 1 aromatic rings. The van der Waals surface area contributed by atoms with Gasteiger partial charge in [-0.3, -0.25) is 0 Å². The Kier molecular flexibility index (Phi) is 2.97. The molecule has 1 heterocycles. The summed E-state index contributed by atoms with van der Waals surface area (Å²) in [6.45, 7) is 0. The molecule has 94 valence electrons. The van der Waals surface area contributed by atoms with E-state index in [2.05, 4.69) is 0 Å². The second kappa shape index (κ2) is 4.34. The minimum Gasteiger partial charge on any atom is -0.379 e. The summed E-state index contributed by atoms with van der Waals surface area (Å²) in [7, 11) is 1.78. The quantitative estimate of drug-likeness (QED) is 0.879. The highest BCUT2D eigenvalue weighted by Gasteiger charge is 2.42. The standard InChI is InChI=1S/C13H20N2OS/c1-16-11-7-2-3-8-13(11,14)12-15-9-5-4-6-10(9)17-12/h11H,2-8,14H2,1H3. The number of methoxy groups -OCH3 is 1. The summed E-state index contributed by atoms with van der Waals surface area (Å²) in [6.07, 6.45) is 8.24. The maximum absolute atomic E-state index is 6.62. The van der Waals surface area contributed by atoms with E-state index >= 15 is 0 Å². The number of ether oxygens (including phenoxy) is 1. The predicted octanol–water partition coefficient (Wildman–Crippen LogP) is 2.37. The second-order valence-electron chi connectivity index (χ2n) is 5.25. The van der Waals surface area contributed by atoms with Gasteiger partial charge in [-0.15, -0.1) is 11.3 Å². The number of fused-ring (bicyclic) bond motifs is 1. The molecule has 0 spiro atoms. The summed E-state index contributed by atoms with van der Waals surface area (Å²) in [5.41, 5.74) is 7.59. The van der Waals surface area contributed by atoms with Crippen LogP contribution in [0.5, 0.6) is 0 Å². The van der Waals surface area contributed by atoms with E-state index in [-0.39, 0.29) is 11.6 Å². The molecule has 4 heteroatoms. The number of nitrogens with zero attached hydrogens (tertiary/aromatic N) is 1. The minimum atomic E-state index is -0.331. The van der Waals surface area contributed by atoms with Crippen molar-refractivity contribution in [1.82, 2.24) is 4.98 Å². The summed E-state index contributed by atoms with van der Waals surface area (Å²) in [5, 5.41) is 1.12. The Balaban J connectivity index is 1.94. The third-order valence-corrected chi connectivity index (χ3v) is 5.51. The molecular formula is C13H20N2OS. The molecule has 0 aliphatic heterocycles. The van der Waals surface area contributed by atoms with E-state index < -0.39 is 0 Å². The van der Waals surface area contributed by atoms with Crippen molar-refractivity contribution >= 4 is 11.3 Å². The molecule has 1 fully saturated rings. The fourth-order valence-corrected chi connectivity index (χ4v) is 4.45. The molecule has 2 unspecified atom stereocenters. The third-order valence-electron chi connectivity index (χ3n) is 4.16. The molecule has 1 aromatic heterocycles. The normalized spacial score (nSPS) is 32.7. The lowest BCUT2D eigenvalue weighted by atomic mass is 9.80. The summed E-state index contributed by atoms with van der Waals surface area (Å²) in [4.78, 5) is 6.26. The summed E-state index contributed by atoms with van der Waals surface area (Å²) < 4.78 is 5.60. The van der Waals surface area contributed by atoms with Gasteiger partial charge in [0.2, 0.25) is 0 Å². The van der Waals surface area contributed by atoms with Crippen LogP contribution in [0, 0.1) is 0 Å². The van der Waals surface area contributed by atoms with E-state index in [0.717, 1.165) is 24.3 Å². The summed E-state index contributed by atoms with van der Waals surface area (Å²) in [6, 6.07) is 0. The van der Waals surface area contributed by atoms with Gasteiger partial charge in [-0.2, -0.15) is 0 Å². The smallest absolute Gasteiger partial charge is 0.116 e. The Morgan fingerprint density at radius 2 is 2.24 bits per heavy atom. The van der Waals surface area contributed by atoms with Gasteiger partial charge in [-0.05, 0) is 32.1 Å². The molecule has 2 aliphatic carbocycles. The van der Waals surface area contributed by atoms with Crippen LogP contribution in [0.2, 0.25) is 0 Å². The molecule has 17 heavy (non-hydrogen) atoms. The van der Waals surface area contributed by atoms with Crippen molar-refractivity contribution in [3.8, 4) is 0 Å². The molecule has 2 N–H and O–H groups in total. The molecule has 2 aliphatic rings.